The lowest BCUT2D eigenvalue weighted by atomic mass is 10.3. The molecule has 0 aliphatic carbocycles. The van der Waals surface area contributed by atoms with E-state index in [9.17, 15) is 4.79 Å². The summed E-state index contributed by atoms with van der Waals surface area (Å²) < 4.78 is 6.65. The van der Waals surface area contributed by atoms with Gasteiger partial charge in [0.2, 0.25) is 11.8 Å². The van der Waals surface area contributed by atoms with E-state index in [2.05, 4.69) is 20.1 Å². The Kier molecular flexibility index (Phi) is 2.84. The maximum absolute atomic E-state index is 11.0. The number of furan rings is 1. The molecule has 4 heterocycles. The summed E-state index contributed by atoms with van der Waals surface area (Å²) in [6.45, 7) is 0. The second kappa shape index (κ2) is 4.88. The first kappa shape index (κ1) is 13.4. The van der Waals surface area contributed by atoms with Crippen LogP contribution in [0.1, 0.15) is 10.5 Å². The number of aromatic carboxylic acids is 1. The Balaban J connectivity index is 1.93. The first-order chi connectivity index (χ1) is 11.1. The summed E-state index contributed by atoms with van der Waals surface area (Å²) in [5, 5.41) is 15.2. The number of carboxylic acid groups (broad SMARTS) is 1. The van der Waals surface area contributed by atoms with Crippen molar-refractivity contribution in [3.8, 4) is 22.2 Å². The highest BCUT2D eigenvalue weighted by molar-refractivity contribution is 7.13. The quantitative estimate of drug-likeness (QED) is 0.581. The minimum absolute atomic E-state index is 0.0363. The Bertz CT molecular complexity index is 1020. The molecule has 0 unspecified atom stereocenters. The van der Waals surface area contributed by atoms with Crippen LogP contribution in [0.2, 0.25) is 0 Å². The molecule has 0 aromatic carbocycles. The van der Waals surface area contributed by atoms with Crippen molar-refractivity contribution in [2.24, 2.45) is 0 Å². The number of hydrogen-bond acceptors (Lipinski definition) is 8. The summed E-state index contributed by atoms with van der Waals surface area (Å²) in [6, 6.07) is 3.45. The van der Waals surface area contributed by atoms with Gasteiger partial charge in [0.05, 0.1) is 11.8 Å². The fourth-order valence-electron chi connectivity index (χ4n) is 2.05. The number of hydrogen-bond donors (Lipinski definition) is 2. The van der Waals surface area contributed by atoms with E-state index >= 15 is 0 Å². The first-order valence-corrected chi connectivity index (χ1v) is 7.26. The highest BCUT2D eigenvalue weighted by Crippen LogP contribution is 2.29. The molecule has 0 aliphatic heterocycles. The summed E-state index contributed by atoms with van der Waals surface area (Å²) >= 11 is 1.18. The van der Waals surface area contributed by atoms with Gasteiger partial charge in [0.15, 0.2) is 17.1 Å². The second-order valence-electron chi connectivity index (χ2n) is 4.52. The van der Waals surface area contributed by atoms with Gasteiger partial charge < -0.3 is 15.3 Å². The molecule has 0 bridgehead atoms. The van der Waals surface area contributed by atoms with Crippen LogP contribution < -0.4 is 5.73 Å². The second-order valence-corrected chi connectivity index (χ2v) is 5.38. The number of nitrogens with two attached hydrogens (primary N) is 1. The van der Waals surface area contributed by atoms with Crippen molar-refractivity contribution in [2.45, 2.75) is 0 Å². The Hall–Kier alpha value is -3.27. The molecule has 10 heteroatoms. The third-order valence-corrected chi connectivity index (χ3v) is 3.96. The largest absolute Gasteiger partial charge is 0.476 e. The van der Waals surface area contributed by atoms with Crippen molar-refractivity contribution in [3.05, 3.63) is 35.7 Å². The lowest BCUT2D eigenvalue weighted by Gasteiger charge is -2.00. The number of anilines is 1. The monoisotopic (exact) mass is 328 g/mol. The van der Waals surface area contributed by atoms with Gasteiger partial charge >= 0.3 is 5.97 Å². The molecule has 23 heavy (non-hydrogen) atoms. The van der Waals surface area contributed by atoms with Crippen LogP contribution in [0.5, 0.6) is 0 Å². The van der Waals surface area contributed by atoms with Gasteiger partial charge in [-0.15, -0.1) is 16.4 Å². The molecular weight excluding hydrogens is 320 g/mol. The van der Waals surface area contributed by atoms with E-state index in [0.29, 0.717) is 27.8 Å². The van der Waals surface area contributed by atoms with Crippen molar-refractivity contribution in [1.82, 2.24) is 24.6 Å². The SMILES string of the molecule is Nc1ncc(-c2nc(C(=O)O)cs2)c2nc(-c3ccco3)nn12. The molecule has 9 nitrogen and oxygen atoms in total. The minimum Gasteiger partial charge on any atom is -0.476 e. The molecular formula is C13H8N6O3S. The van der Waals surface area contributed by atoms with Gasteiger partial charge in [-0.25, -0.2) is 19.7 Å². The van der Waals surface area contributed by atoms with Gasteiger partial charge in [-0.1, -0.05) is 0 Å². The number of aromatic nitrogens is 5. The molecule has 4 aromatic heterocycles. The average Bonchev–Trinajstić information content (AvgIpc) is 3.27. The van der Waals surface area contributed by atoms with E-state index < -0.39 is 5.97 Å². The van der Waals surface area contributed by atoms with Crippen molar-refractivity contribution in [2.75, 3.05) is 5.73 Å². The van der Waals surface area contributed by atoms with E-state index in [-0.39, 0.29) is 11.6 Å². The van der Waals surface area contributed by atoms with Crippen LogP contribution in [0.4, 0.5) is 5.95 Å². The normalized spacial score (nSPS) is 11.1. The fourth-order valence-corrected chi connectivity index (χ4v) is 2.84. The molecule has 0 aliphatic rings. The smallest absolute Gasteiger partial charge is 0.355 e. The van der Waals surface area contributed by atoms with Crippen LogP contribution >= 0.6 is 11.3 Å². The summed E-state index contributed by atoms with van der Waals surface area (Å²) in [5.41, 5.74) is 6.76. The summed E-state index contributed by atoms with van der Waals surface area (Å²) in [4.78, 5) is 23.5. The molecule has 0 amide bonds. The van der Waals surface area contributed by atoms with E-state index in [4.69, 9.17) is 15.3 Å². The molecule has 0 radical (unpaired) electrons. The lowest BCUT2D eigenvalue weighted by molar-refractivity contribution is 0.0691. The predicted octanol–water partition coefficient (Wildman–Crippen LogP) is 1.79. The zero-order valence-corrected chi connectivity index (χ0v) is 12.2. The molecule has 0 saturated carbocycles. The lowest BCUT2D eigenvalue weighted by Crippen LogP contribution is -2.03. The maximum atomic E-state index is 11.0. The molecule has 4 rings (SSSR count). The zero-order chi connectivity index (χ0) is 16.0. The van der Waals surface area contributed by atoms with Crippen molar-refractivity contribution < 1.29 is 14.3 Å². The number of nitrogen functional groups attached to an aromatic ring is 1. The van der Waals surface area contributed by atoms with Gasteiger partial charge in [-0.3, -0.25) is 0 Å². The van der Waals surface area contributed by atoms with E-state index in [1.54, 1.807) is 12.1 Å². The van der Waals surface area contributed by atoms with Gasteiger partial charge in [0.1, 0.15) is 5.01 Å². The third-order valence-electron chi connectivity index (χ3n) is 3.09. The number of thiazole rings is 1. The number of fused-ring (bicyclic) bond motifs is 1. The first-order valence-electron chi connectivity index (χ1n) is 6.38. The van der Waals surface area contributed by atoms with Gasteiger partial charge in [-0.05, 0) is 12.1 Å². The van der Waals surface area contributed by atoms with E-state index in [1.807, 2.05) is 0 Å². The molecule has 0 spiro atoms. The third kappa shape index (κ3) is 2.12. The molecule has 0 fully saturated rings. The molecule has 4 aromatic rings. The number of nitrogens with zero attached hydrogens (tertiary/aromatic N) is 5. The Morgan fingerprint density at radius 3 is 2.96 bits per heavy atom. The van der Waals surface area contributed by atoms with Crippen LogP contribution in [-0.2, 0) is 0 Å². The van der Waals surface area contributed by atoms with Crippen LogP contribution in [0.3, 0.4) is 0 Å². The average molecular weight is 328 g/mol. The number of rotatable bonds is 3. The van der Waals surface area contributed by atoms with Crippen LogP contribution in [-0.4, -0.2) is 35.6 Å². The van der Waals surface area contributed by atoms with Crippen molar-refractivity contribution >= 4 is 28.9 Å². The standard InChI is InChI=1S/C13H8N6O3S/c14-13-15-4-6(11-16-7(5-23-11)12(20)21)10-17-9(18-19(10)13)8-2-1-3-22-8/h1-5H,(H2,14,15)(H,20,21). The summed E-state index contributed by atoms with van der Waals surface area (Å²) in [7, 11) is 0. The molecule has 114 valence electrons. The number of carbonyl (C=O) groups is 1. The van der Waals surface area contributed by atoms with Gasteiger partial charge in [0, 0.05) is 11.6 Å². The van der Waals surface area contributed by atoms with Crippen molar-refractivity contribution in [1.29, 1.82) is 0 Å². The molecule has 0 saturated heterocycles. The predicted molar refractivity (Wildman–Crippen MR) is 81.0 cm³/mol. The fraction of sp³-hybridized carbons (Fsp3) is 0. The number of carboxylic acids is 1. The summed E-state index contributed by atoms with van der Waals surface area (Å²) in [5.74, 6) is -0.0934. The van der Waals surface area contributed by atoms with Crippen LogP contribution in [0.15, 0.2) is 34.4 Å². The minimum atomic E-state index is -1.09. The molecule has 0 atom stereocenters. The van der Waals surface area contributed by atoms with Gasteiger partial charge in [-0.2, -0.15) is 4.52 Å². The Labute approximate surface area is 132 Å². The van der Waals surface area contributed by atoms with Crippen molar-refractivity contribution in [3.63, 3.8) is 0 Å². The topological polar surface area (TPSA) is 132 Å². The van der Waals surface area contributed by atoms with Crippen LogP contribution in [0, 0.1) is 0 Å². The van der Waals surface area contributed by atoms with E-state index in [1.165, 1.54) is 33.7 Å². The zero-order valence-electron chi connectivity index (χ0n) is 11.4. The Morgan fingerprint density at radius 2 is 2.26 bits per heavy atom. The van der Waals surface area contributed by atoms with Gasteiger partial charge in [0.25, 0.3) is 0 Å². The molecule has 3 N–H and O–H groups in total. The summed E-state index contributed by atoms with van der Waals surface area (Å²) in [6.07, 6.45) is 3.01. The highest BCUT2D eigenvalue weighted by Gasteiger charge is 2.18. The van der Waals surface area contributed by atoms with Crippen LogP contribution in [0.25, 0.3) is 27.8 Å². The highest BCUT2D eigenvalue weighted by atomic mass is 32.1. The maximum Gasteiger partial charge on any atom is 0.355 e. The Morgan fingerprint density at radius 1 is 1.39 bits per heavy atom. The van der Waals surface area contributed by atoms with E-state index in [0.717, 1.165) is 0 Å².